The number of carbonyl (C=O) groups is 1. The van der Waals surface area contributed by atoms with E-state index in [1.54, 1.807) is 25.5 Å². The van der Waals surface area contributed by atoms with E-state index in [1.165, 1.54) is 11.3 Å². The second-order valence-electron chi connectivity index (χ2n) is 4.37. The van der Waals surface area contributed by atoms with Gasteiger partial charge in [0.1, 0.15) is 16.4 Å². The van der Waals surface area contributed by atoms with Gasteiger partial charge in [-0.25, -0.2) is 0 Å². The number of carbonyl (C=O) groups excluding carboxylic acids is 1. The first-order chi connectivity index (χ1) is 10.2. The first-order valence-electron chi connectivity index (χ1n) is 6.25. The lowest BCUT2D eigenvalue weighted by atomic mass is 10.2. The molecule has 6 heteroatoms. The van der Waals surface area contributed by atoms with Crippen molar-refractivity contribution in [1.82, 2.24) is 5.32 Å². The summed E-state index contributed by atoms with van der Waals surface area (Å²) in [6, 6.07) is 9.16. The maximum absolute atomic E-state index is 12.2. The summed E-state index contributed by atoms with van der Waals surface area (Å²) in [5.74, 6) is 1.20. The van der Waals surface area contributed by atoms with Crippen LogP contribution in [0.1, 0.15) is 15.4 Å². The largest absolute Gasteiger partial charge is 0.497 e. The van der Waals surface area contributed by atoms with E-state index in [-0.39, 0.29) is 5.91 Å². The minimum absolute atomic E-state index is 0.212. The van der Waals surface area contributed by atoms with Crippen LogP contribution in [0.2, 0.25) is 5.02 Å². The average Bonchev–Trinajstić information content (AvgIpc) is 3.13. The van der Waals surface area contributed by atoms with E-state index in [4.69, 9.17) is 20.8 Å². The first-order valence-corrected chi connectivity index (χ1v) is 7.45. The molecule has 2 aromatic heterocycles. The topological polar surface area (TPSA) is 51.5 Å². The Morgan fingerprint density at radius 1 is 1.43 bits per heavy atom. The summed E-state index contributed by atoms with van der Waals surface area (Å²) in [6.45, 7) is 0.333. The molecule has 0 aliphatic carbocycles. The van der Waals surface area contributed by atoms with Crippen LogP contribution in [0.25, 0.3) is 10.1 Å². The molecule has 0 spiro atoms. The van der Waals surface area contributed by atoms with Crippen LogP contribution >= 0.6 is 22.9 Å². The zero-order valence-electron chi connectivity index (χ0n) is 11.2. The molecule has 0 atom stereocenters. The van der Waals surface area contributed by atoms with Gasteiger partial charge in [0.15, 0.2) is 0 Å². The molecule has 2 heterocycles. The molecule has 3 aromatic rings. The zero-order chi connectivity index (χ0) is 14.8. The molecular weight excluding hydrogens is 310 g/mol. The molecule has 0 radical (unpaired) electrons. The lowest BCUT2D eigenvalue weighted by molar-refractivity contribution is 0.0952. The molecule has 0 saturated heterocycles. The number of hydrogen-bond acceptors (Lipinski definition) is 4. The van der Waals surface area contributed by atoms with Gasteiger partial charge in [-0.3, -0.25) is 4.79 Å². The quantitative estimate of drug-likeness (QED) is 0.787. The van der Waals surface area contributed by atoms with Crippen molar-refractivity contribution >= 4 is 38.9 Å². The molecule has 1 N–H and O–H groups in total. The standard InChI is InChI=1S/C15H12ClNO3S/c1-19-9-4-5-12-11(7-9)13(16)14(21-12)15(18)17-8-10-3-2-6-20-10/h2-7H,8H2,1H3,(H,17,18). The summed E-state index contributed by atoms with van der Waals surface area (Å²) in [5.41, 5.74) is 0. The fourth-order valence-corrected chi connectivity index (χ4v) is 3.39. The number of furan rings is 1. The van der Waals surface area contributed by atoms with E-state index in [0.29, 0.717) is 28.0 Å². The highest BCUT2D eigenvalue weighted by atomic mass is 35.5. The number of fused-ring (bicyclic) bond motifs is 1. The van der Waals surface area contributed by atoms with Gasteiger partial charge in [-0.05, 0) is 30.3 Å². The molecule has 0 unspecified atom stereocenters. The third-order valence-corrected chi connectivity index (χ3v) is 4.72. The van der Waals surface area contributed by atoms with Crippen molar-refractivity contribution in [3.63, 3.8) is 0 Å². The van der Waals surface area contributed by atoms with Gasteiger partial charge < -0.3 is 14.5 Å². The van der Waals surface area contributed by atoms with Crippen molar-refractivity contribution in [3.8, 4) is 5.75 Å². The van der Waals surface area contributed by atoms with Crippen LogP contribution in [0.4, 0.5) is 0 Å². The fraction of sp³-hybridized carbons (Fsp3) is 0.133. The van der Waals surface area contributed by atoms with Crippen LogP contribution in [0.5, 0.6) is 5.75 Å². The first kappa shape index (κ1) is 14.0. The molecular formula is C15H12ClNO3S. The smallest absolute Gasteiger partial charge is 0.263 e. The van der Waals surface area contributed by atoms with Gasteiger partial charge in [0.25, 0.3) is 5.91 Å². The Kier molecular flexibility index (Phi) is 3.86. The molecule has 3 rings (SSSR count). The Labute approximate surface area is 130 Å². The summed E-state index contributed by atoms with van der Waals surface area (Å²) in [7, 11) is 1.60. The predicted octanol–water partition coefficient (Wildman–Crippen LogP) is 4.09. The minimum Gasteiger partial charge on any atom is -0.497 e. The second kappa shape index (κ2) is 5.79. The van der Waals surface area contributed by atoms with Crippen LogP contribution in [-0.4, -0.2) is 13.0 Å². The van der Waals surface area contributed by atoms with Crippen LogP contribution in [0, 0.1) is 0 Å². The van der Waals surface area contributed by atoms with Crippen molar-refractivity contribution in [3.05, 3.63) is 52.3 Å². The van der Waals surface area contributed by atoms with E-state index < -0.39 is 0 Å². The van der Waals surface area contributed by atoms with E-state index in [2.05, 4.69) is 5.32 Å². The van der Waals surface area contributed by atoms with Gasteiger partial charge in [-0.1, -0.05) is 11.6 Å². The summed E-state index contributed by atoms with van der Waals surface area (Å²) in [4.78, 5) is 12.7. The number of nitrogens with one attached hydrogen (secondary N) is 1. The van der Waals surface area contributed by atoms with E-state index in [1.807, 2.05) is 18.2 Å². The van der Waals surface area contributed by atoms with Gasteiger partial charge in [0, 0.05) is 10.1 Å². The van der Waals surface area contributed by atoms with Crippen LogP contribution < -0.4 is 10.1 Å². The zero-order valence-corrected chi connectivity index (χ0v) is 12.8. The van der Waals surface area contributed by atoms with Gasteiger partial charge in [0.05, 0.1) is 24.9 Å². The lowest BCUT2D eigenvalue weighted by Crippen LogP contribution is -2.21. The van der Waals surface area contributed by atoms with E-state index >= 15 is 0 Å². The van der Waals surface area contributed by atoms with Crippen LogP contribution in [0.3, 0.4) is 0 Å². The number of rotatable bonds is 4. The molecule has 0 aliphatic heterocycles. The number of halogens is 1. The molecule has 0 saturated carbocycles. The van der Waals surface area contributed by atoms with Gasteiger partial charge in [-0.15, -0.1) is 11.3 Å². The summed E-state index contributed by atoms with van der Waals surface area (Å²) < 4.78 is 11.3. The van der Waals surface area contributed by atoms with Crippen molar-refractivity contribution in [2.75, 3.05) is 7.11 Å². The molecule has 1 aromatic carbocycles. The number of thiophene rings is 1. The Hall–Kier alpha value is -1.98. The molecule has 0 aliphatic rings. The number of methoxy groups -OCH3 is 1. The SMILES string of the molecule is COc1ccc2sc(C(=O)NCc3ccco3)c(Cl)c2c1. The van der Waals surface area contributed by atoms with E-state index in [0.717, 1.165) is 10.1 Å². The molecule has 4 nitrogen and oxygen atoms in total. The second-order valence-corrected chi connectivity index (χ2v) is 5.80. The van der Waals surface area contributed by atoms with Crippen LogP contribution in [-0.2, 0) is 6.54 Å². The number of benzene rings is 1. The van der Waals surface area contributed by atoms with Crippen molar-refractivity contribution in [1.29, 1.82) is 0 Å². The van der Waals surface area contributed by atoms with Crippen LogP contribution in [0.15, 0.2) is 41.0 Å². The Morgan fingerprint density at radius 3 is 3.00 bits per heavy atom. The molecule has 21 heavy (non-hydrogen) atoms. The highest BCUT2D eigenvalue weighted by Gasteiger charge is 2.17. The normalized spacial score (nSPS) is 10.8. The molecule has 1 amide bonds. The summed E-state index contributed by atoms with van der Waals surface area (Å²) in [5, 5.41) is 4.07. The minimum atomic E-state index is -0.212. The molecule has 108 valence electrons. The molecule has 0 bridgehead atoms. The number of hydrogen-bond donors (Lipinski definition) is 1. The summed E-state index contributed by atoms with van der Waals surface area (Å²) >= 11 is 7.67. The maximum atomic E-state index is 12.2. The number of ether oxygens (including phenoxy) is 1. The van der Waals surface area contributed by atoms with E-state index in [9.17, 15) is 4.79 Å². The molecule has 0 fully saturated rings. The fourth-order valence-electron chi connectivity index (χ4n) is 1.98. The third-order valence-electron chi connectivity index (χ3n) is 3.04. The number of amides is 1. The van der Waals surface area contributed by atoms with Gasteiger partial charge >= 0.3 is 0 Å². The van der Waals surface area contributed by atoms with Gasteiger partial charge in [0.2, 0.25) is 0 Å². The Balaban J connectivity index is 1.85. The predicted molar refractivity (Wildman–Crippen MR) is 83.3 cm³/mol. The highest BCUT2D eigenvalue weighted by molar-refractivity contribution is 7.21. The van der Waals surface area contributed by atoms with Crippen molar-refractivity contribution < 1.29 is 13.9 Å². The van der Waals surface area contributed by atoms with Crippen molar-refractivity contribution in [2.24, 2.45) is 0 Å². The average molecular weight is 322 g/mol. The maximum Gasteiger partial charge on any atom is 0.263 e. The third kappa shape index (κ3) is 2.75. The lowest BCUT2D eigenvalue weighted by Gasteiger charge is -2.01. The van der Waals surface area contributed by atoms with Gasteiger partial charge in [-0.2, -0.15) is 0 Å². The highest BCUT2D eigenvalue weighted by Crippen LogP contribution is 2.37. The monoisotopic (exact) mass is 321 g/mol. The van der Waals surface area contributed by atoms with Crippen molar-refractivity contribution in [2.45, 2.75) is 6.54 Å². The summed E-state index contributed by atoms with van der Waals surface area (Å²) in [6.07, 6.45) is 1.57. The Bertz CT molecular complexity index is 780. The Morgan fingerprint density at radius 2 is 2.29 bits per heavy atom.